The number of nitrogens with zero attached hydrogens (tertiary/aromatic N) is 3. The van der Waals surface area contributed by atoms with Crippen molar-refractivity contribution < 1.29 is 23.6 Å². The molecule has 1 atom stereocenters. The lowest BCUT2D eigenvalue weighted by Crippen LogP contribution is -2.53. The number of hydrogen-bond donors (Lipinski definition) is 2. The van der Waals surface area contributed by atoms with Crippen LogP contribution in [-0.4, -0.2) is 84.3 Å². The van der Waals surface area contributed by atoms with Crippen molar-refractivity contribution in [3.05, 3.63) is 35.6 Å². The van der Waals surface area contributed by atoms with Crippen molar-refractivity contribution in [2.45, 2.75) is 32.2 Å². The number of urea groups is 1. The molecule has 0 aliphatic carbocycles. The number of carbonyl (C=O) groups is 4. The molecule has 2 saturated heterocycles. The molecule has 5 amide bonds. The minimum atomic E-state index is -1.35. The summed E-state index contributed by atoms with van der Waals surface area (Å²) in [6.45, 7) is 6.10. The van der Waals surface area contributed by atoms with Gasteiger partial charge in [0.2, 0.25) is 11.8 Å². The van der Waals surface area contributed by atoms with Gasteiger partial charge >= 0.3 is 6.03 Å². The summed E-state index contributed by atoms with van der Waals surface area (Å²) in [5.41, 5.74) is -0.910. The molecule has 0 saturated carbocycles. The van der Waals surface area contributed by atoms with E-state index in [4.69, 9.17) is 0 Å². The van der Waals surface area contributed by atoms with E-state index in [0.29, 0.717) is 38.3 Å². The average Bonchev–Trinajstić information content (AvgIpc) is 2.98. The van der Waals surface area contributed by atoms with Crippen molar-refractivity contribution in [2.24, 2.45) is 0 Å². The van der Waals surface area contributed by atoms with Crippen molar-refractivity contribution in [3.8, 4) is 0 Å². The zero-order valence-electron chi connectivity index (χ0n) is 18.5. The molecule has 0 aromatic heterocycles. The Kier molecular flexibility index (Phi) is 7.44. The predicted octanol–water partition coefficient (Wildman–Crippen LogP) is 0.653. The van der Waals surface area contributed by atoms with Crippen LogP contribution in [0, 0.1) is 5.82 Å². The number of halogens is 1. The van der Waals surface area contributed by atoms with E-state index in [1.807, 2.05) is 4.90 Å². The van der Waals surface area contributed by atoms with Crippen molar-refractivity contribution in [3.63, 3.8) is 0 Å². The van der Waals surface area contributed by atoms with E-state index in [1.54, 1.807) is 4.90 Å². The molecule has 0 bridgehead atoms. The van der Waals surface area contributed by atoms with Crippen molar-refractivity contribution in [1.29, 1.82) is 0 Å². The molecule has 0 spiro atoms. The van der Waals surface area contributed by atoms with Crippen molar-refractivity contribution >= 4 is 23.8 Å². The van der Waals surface area contributed by atoms with Gasteiger partial charge in [-0.1, -0.05) is 25.5 Å². The van der Waals surface area contributed by atoms with E-state index in [2.05, 4.69) is 17.6 Å². The van der Waals surface area contributed by atoms with E-state index in [1.165, 1.54) is 31.2 Å². The maximum atomic E-state index is 13.2. The molecule has 2 heterocycles. The van der Waals surface area contributed by atoms with Gasteiger partial charge in [0.15, 0.2) is 0 Å². The predicted molar refractivity (Wildman–Crippen MR) is 115 cm³/mol. The first-order valence-corrected chi connectivity index (χ1v) is 10.9. The highest BCUT2D eigenvalue weighted by atomic mass is 19.1. The Bertz CT molecular complexity index is 870. The fraction of sp³-hybridized carbons (Fsp3) is 0.545. The van der Waals surface area contributed by atoms with Crippen LogP contribution in [0.2, 0.25) is 0 Å². The highest BCUT2D eigenvalue weighted by Crippen LogP contribution is 2.29. The fourth-order valence-corrected chi connectivity index (χ4v) is 3.87. The summed E-state index contributed by atoms with van der Waals surface area (Å²) >= 11 is 0. The third-order valence-electron chi connectivity index (χ3n) is 5.93. The van der Waals surface area contributed by atoms with Gasteiger partial charge in [0.05, 0.1) is 6.54 Å². The first kappa shape index (κ1) is 23.6. The molecule has 32 heavy (non-hydrogen) atoms. The lowest BCUT2D eigenvalue weighted by Gasteiger charge is -2.34. The van der Waals surface area contributed by atoms with Crippen LogP contribution in [-0.2, 0) is 19.9 Å². The number of benzene rings is 1. The first-order valence-electron chi connectivity index (χ1n) is 10.9. The Balaban J connectivity index is 1.52. The van der Waals surface area contributed by atoms with Crippen LogP contribution in [0.25, 0.3) is 0 Å². The molecular formula is C22H30FN5O4. The van der Waals surface area contributed by atoms with E-state index < -0.39 is 23.3 Å². The average molecular weight is 448 g/mol. The van der Waals surface area contributed by atoms with E-state index in [-0.39, 0.29) is 24.9 Å². The largest absolute Gasteiger partial charge is 0.355 e. The minimum absolute atomic E-state index is 0.0300. The van der Waals surface area contributed by atoms with Crippen LogP contribution in [0.4, 0.5) is 9.18 Å². The molecule has 9 nitrogen and oxygen atoms in total. The second-order valence-corrected chi connectivity index (χ2v) is 8.31. The summed E-state index contributed by atoms with van der Waals surface area (Å²) in [5.74, 6) is -1.36. The van der Waals surface area contributed by atoms with Gasteiger partial charge in [-0.15, -0.1) is 0 Å². The van der Waals surface area contributed by atoms with Gasteiger partial charge in [0.1, 0.15) is 17.9 Å². The molecule has 0 radical (unpaired) electrons. The Morgan fingerprint density at radius 2 is 1.75 bits per heavy atom. The maximum absolute atomic E-state index is 13.2. The lowest BCUT2D eigenvalue weighted by atomic mass is 9.92. The van der Waals surface area contributed by atoms with E-state index in [9.17, 15) is 23.6 Å². The highest BCUT2D eigenvalue weighted by molar-refractivity contribution is 6.09. The molecule has 1 aromatic rings. The quantitative estimate of drug-likeness (QED) is 0.450. The molecule has 2 N–H and O–H groups in total. The summed E-state index contributed by atoms with van der Waals surface area (Å²) in [7, 11) is 0. The zero-order chi connectivity index (χ0) is 23.3. The Morgan fingerprint density at radius 3 is 2.38 bits per heavy atom. The van der Waals surface area contributed by atoms with E-state index >= 15 is 0 Å². The van der Waals surface area contributed by atoms with Gasteiger partial charge in [-0.05, 0) is 31.0 Å². The molecule has 2 aliphatic rings. The first-order chi connectivity index (χ1) is 15.2. The number of imide groups is 1. The van der Waals surface area contributed by atoms with Gasteiger partial charge < -0.3 is 15.5 Å². The van der Waals surface area contributed by atoms with Crippen LogP contribution in [0.3, 0.4) is 0 Å². The number of unbranched alkanes of at least 4 members (excludes halogenated alkanes) is 1. The van der Waals surface area contributed by atoms with Gasteiger partial charge in [0, 0.05) is 32.7 Å². The monoisotopic (exact) mass is 447 g/mol. The number of nitrogens with one attached hydrogen (secondary N) is 2. The van der Waals surface area contributed by atoms with Gasteiger partial charge in [-0.2, -0.15) is 0 Å². The number of piperazine rings is 1. The molecule has 174 valence electrons. The summed E-state index contributed by atoms with van der Waals surface area (Å²) in [4.78, 5) is 54.6. The van der Waals surface area contributed by atoms with Gasteiger partial charge in [-0.3, -0.25) is 24.2 Å². The maximum Gasteiger partial charge on any atom is 0.325 e. The Morgan fingerprint density at radius 1 is 1.09 bits per heavy atom. The van der Waals surface area contributed by atoms with Crippen LogP contribution in [0.5, 0.6) is 0 Å². The second-order valence-electron chi connectivity index (χ2n) is 8.31. The number of carbonyl (C=O) groups excluding carboxylic acids is 4. The number of amides is 5. The van der Waals surface area contributed by atoms with Crippen LogP contribution in [0.1, 0.15) is 32.3 Å². The molecule has 1 unspecified atom stereocenters. The van der Waals surface area contributed by atoms with Gasteiger partial charge in [-0.25, -0.2) is 9.18 Å². The highest BCUT2D eigenvalue weighted by Gasteiger charge is 2.49. The number of hydrogen-bond acceptors (Lipinski definition) is 5. The normalized spacial score (nSPS) is 21.6. The molecule has 2 fully saturated rings. The second kappa shape index (κ2) is 10.1. The molecule has 3 rings (SSSR count). The summed E-state index contributed by atoms with van der Waals surface area (Å²) in [6.07, 6.45) is 1.96. The lowest BCUT2D eigenvalue weighted by molar-refractivity contribution is -0.140. The fourth-order valence-electron chi connectivity index (χ4n) is 3.87. The van der Waals surface area contributed by atoms with Crippen LogP contribution < -0.4 is 10.6 Å². The molecule has 10 heteroatoms. The third kappa shape index (κ3) is 5.24. The van der Waals surface area contributed by atoms with Crippen molar-refractivity contribution in [1.82, 2.24) is 25.3 Å². The SMILES string of the molecule is CCCCNC(=O)CN1CCN(C(=O)CN2C(=O)NC(C)(c3ccc(F)cc3)C2=O)CC1. The Hall–Kier alpha value is -3.01. The van der Waals surface area contributed by atoms with Gasteiger partial charge in [0.25, 0.3) is 5.91 Å². The van der Waals surface area contributed by atoms with Crippen molar-refractivity contribution in [2.75, 3.05) is 45.8 Å². The molecule has 2 aliphatic heterocycles. The van der Waals surface area contributed by atoms with Crippen LogP contribution >= 0.6 is 0 Å². The number of rotatable bonds is 8. The summed E-state index contributed by atoms with van der Waals surface area (Å²) in [5, 5.41) is 5.49. The standard InChI is InChI=1S/C22H30FN5O4/c1-3-4-9-24-18(29)14-26-10-12-27(13-11-26)19(30)15-28-20(31)22(2,25-21(28)32)16-5-7-17(23)8-6-16/h5-8H,3-4,9-15H2,1-2H3,(H,24,29)(H,25,32). The molecular weight excluding hydrogens is 417 g/mol. The zero-order valence-corrected chi connectivity index (χ0v) is 18.5. The smallest absolute Gasteiger partial charge is 0.325 e. The van der Waals surface area contributed by atoms with Crippen LogP contribution in [0.15, 0.2) is 24.3 Å². The Labute approximate surface area is 186 Å². The summed E-state index contributed by atoms with van der Waals surface area (Å²) in [6, 6.07) is 4.67. The van der Waals surface area contributed by atoms with E-state index in [0.717, 1.165) is 17.7 Å². The molecule has 1 aromatic carbocycles. The topological polar surface area (TPSA) is 102 Å². The summed E-state index contributed by atoms with van der Waals surface area (Å²) < 4.78 is 13.2. The third-order valence-corrected chi connectivity index (χ3v) is 5.93. The minimum Gasteiger partial charge on any atom is -0.355 e.